The molecule has 172 valence electrons. The number of methoxy groups -OCH3 is 3. The maximum Gasteiger partial charge on any atom is 0.231 e. The molecule has 3 saturated heterocycles. The first-order valence-corrected chi connectivity index (χ1v) is 10.9. The van der Waals surface area contributed by atoms with Gasteiger partial charge in [0.2, 0.25) is 17.6 Å². The molecule has 0 aromatic heterocycles. The van der Waals surface area contributed by atoms with Crippen LogP contribution in [0.4, 0.5) is 5.69 Å². The molecule has 4 heterocycles. The summed E-state index contributed by atoms with van der Waals surface area (Å²) >= 11 is 0. The minimum atomic E-state index is -0.738. The van der Waals surface area contributed by atoms with Gasteiger partial charge >= 0.3 is 0 Å². The molecular formula is C23H28N2O7. The second-order valence-electron chi connectivity index (χ2n) is 8.66. The van der Waals surface area contributed by atoms with Crippen molar-refractivity contribution < 1.29 is 33.3 Å². The number of benzene rings is 1. The Kier molecular flexibility index (Phi) is 5.25. The number of hydrogen-bond acceptors (Lipinski definition) is 7. The number of nitrogens with one attached hydrogen (secondary N) is 1. The van der Waals surface area contributed by atoms with E-state index in [2.05, 4.69) is 5.32 Å². The third kappa shape index (κ3) is 3.22. The molecule has 5 rings (SSSR count). The van der Waals surface area contributed by atoms with Crippen LogP contribution in [-0.4, -0.2) is 75.5 Å². The third-order valence-electron chi connectivity index (χ3n) is 6.86. The lowest BCUT2D eigenvalue weighted by Crippen LogP contribution is -2.42. The molecule has 9 heteroatoms. The van der Waals surface area contributed by atoms with Crippen molar-refractivity contribution in [3.05, 3.63) is 24.3 Å². The predicted octanol–water partition coefficient (Wildman–Crippen LogP) is 1.61. The largest absolute Gasteiger partial charge is 0.493 e. The maximum atomic E-state index is 13.4. The SMILES string of the molecule is COc1cc(NC(=O)[C@H]2[C@@H]3C=C[C@@]4(CN(C[C@@H]5CCCO5)C(=O)[C@@H]24)O3)cc(OC)c1OC. The molecule has 4 aliphatic rings. The standard InChI is InChI=1S/C23H28N2O7/c1-28-16-9-13(10-17(29-2)20(16)30-3)24-21(26)18-15-6-7-23(32-15)12-25(22(27)19(18)23)11-14-5-4-8-31-14/h6-7,9-10,14-15,18-19H,4-5,8,11-12H2,1-3H3,(H,24,26)/t14-,15-,18-,19+,23-/m0/s1. The van der Waals surface area contributed by atoms with E-state index in [0.717, 1.165) is 19.4 Å². The Morgan fingerprint density at radius 2 is 1.97 bits per heavy atom. The van der Waals surface area contributed by atoms with Crippen LogP contribution in [0.2, 0.25) is 0 Å². The molecule has 1 N–H and O–H groups in total. The number of rotatable bonds is 7. The molecule has 3 fully saturated rings. The summed E-state index contributed by atoms with van der Waals surface area (Å²) in [5.74, 6) is -0.161. The van der Waals surface area contributed by atoms with Crippen molar-refractivity contribution in [2.75, 3.05) is 46.3 Å². The fourth-order valence-corrected chi connectivity index (χ4v) is 5.45. The second kappa shape index (κ2) is 7.97. The Morgan fingerprint density at radius 1 is 1.22 bits per heavy atom. The first kappa shape index (κ1) is 21.1. The molecule has 32 heavy (non-hydrogen) atoms. The van der Waals surface area contributed by atoms with Crippen molar-refractivity contribution in [1.82, 2.24) is 4.90 Å². The predicted molar refractivity (Wildman–Crippen MR) is 114 cm³/mol. The van der Waals surface area contributed by atoms with Gasteiger partial charge in [0, 0.05) is 31.0 Å². The van der Waals surface area contributed by atoms with Crippen LogP contribution in [0.3, 0.4) is 0 Å². The van der Waals surface area contributed by atoms with Gasteiger partial charge in [-0.1, -0.05) is 12.2 Å². The molecule has 1 aromatic rings. The Labute approximate surface area is 186 Å². The zero-order chi connectivity index (χ0) is 22.5. The van der Waals surface area contributed by atoms with Crippen molar-refractivity contribution in [1.29, 1.82) is 0 Å². The van der Waals surface area contributed by atoms with E-state index in [1.54, 1.807) is 17.0 Å². The highest BCUT2D eigenvalue weighted by Crippen LogP contribution is 2.52. The Morgan fingerprint density at radius 3 is 2.59 bits per heavy atom. The van der Waals surface area contributed by atoms with Crippen molar-refractivity contribution in [3.63, 3.8) is 0 Å². The summed E-state index contributed by atoms with van der Waals surface area (Å²) in [6, 6.07) is 3.33. The number of nitrogens with zero attached hydrogens (tertiary/aromatic N) is 1. The van der Waals surface area contributed by atoms with Gasteiger partial charge in [-0.2, -0.15) is 0 Å². The van der Waals surface area contributed by atoms with Crippen LogP contribution in [0.1, 0.15) is 12.8 Å². The smallest absolute Gasteiger partial charge is 0.231 e. The minimum absolute atomic E-state index is 0.0441. The fraction of sp³-hybridized carbons (Fsp3) is 0.565. The van der Waals surface area contributed by atoms with Crippen LogP contribution >= 0.6 is 0 Å². The van der Waals surface area contributed by atoms with E-state index in [0.29, 0.717) is 36.0 Å². The fourth-order valence-electron chi connectivity index (χ4n) is 5.45. The Hall–Kier alpha value is -2.78. The van der Waals surface area contributed by atoms with Crippen molar-refractivity contribution >= 4 is 17.5 Å². The Balaban J connectivity index is 1.37. The number of carbonyl (C=O) groups is 2. The molecule has 1 aromatic carbocycles. The summed E-state index contributed by atoms with van der Waals surface area (Å²) in [5, 5.41) is 2.92. The van der Waals surface area contributed by atoms with Crippen LogP contribution < -0.4 is 19.5 Å². The summed E-state index contributed by atoms with van der Waals surface area (Å²) in [4.78, 5) is 28.5. The number of ether oxygens (including phenoxy) is 5. The number of anilines is 1. The van der Waals surface area contributed by atoms with Gasteiger partial charge in [-0.3, -0.25) is 9.59 Å². The molecule has 2 bridgehead atoms. The lowest BCUT2D eigenvalue weighted by Gasteiger charge is -2.24. The van der Waals surface area contributed by atoms with E-state index in [4.69, 9.17) is 23.7 Å². The zero-order valence-electron chi connectivity index (χ0n) is 18.5. The summed E-state index contributed by atoms with van der Waals surface area (Å²) in [5.41, 5.74) is -0.246. The molecule has 0 saturated carbocycles. The quantitative estimate of drug-likeness (QED) is 0.639. The lowest BCUT2D eigenvalue weighted by atomic mass is 9.77. The van der Waals surface area contributed by atoms with Gasteiger partial charge in [0.25, 0.3) is 0 Å². The molecule has 0 radical (unpaired) electrons. The maximum absolute atomic E-state index is 13.4. The van der Waals surface area contributed by atoms with E-state index in [1.165, 1.54) is 21.3 Å². The molecule has 2 amide bonds. The van der Waals surface area contributed by atoms with Crippen molar-refractivity contribution in [2.45, 2.75) is 30.7 Å². The molecular weight excluding hydrogens is 416 g/mol. The average molecular weight is 444 g/mol. The number of hydrogen-bond donors (Lipinski definition) is 1. The summed E-state index contributed by atoms with van der Waals surface area (Å²) in [6.45, 7) is 1.73. The van der Waals surface area contributed by atoms with Gasteiger partial charge < -0.3 is 33.9 Å². The van der Waals surface area contributed by atoms with Gasteiger partial charge in [0.1, 0.15) is 5.60 Å². The molecule has 1 spiro atoms. The van der Waals surface area contributed by atoms with Crippen LogP contribution in [0.5, 0.6) is 17.2 Å². The number of carbonyl (C=O) groups excluding carboxylic acids is 2. The van der Waals surface area contributed by atoms with E-state index in [-0.39, 0.29) is 17.9 Å². The zero-order valence-corrected chi connectivity index (χ0v) is 18.5. The van der Waals surface area contributed by atoms with Crippen molar-refractivity contribution in [2.24, 2.45) is 11.8 Å². The van der Waals surface area contributed by atoms with Gasteiger partial charge in [-0.15, -0.1) is 0 Å². The van der Waals surface area contributed by atoms with Crippen LogP contribution in [0, 0.1) is 11.8 Å². The Bertz CT molecular complexity index is 933. The van der Waals surface area contributed by atoms with E-state index >= 15 is 0 Å². The highest BCUT2D eigenvalue weighted by molar-refractivity contribution is 5.99. The third-order valence-corrected chi connectivity index (χ3v) is 6.86. The lowest BCUT2D eigenvalue weighted by molar-refractivity contribution is -0.136. The normalized spacial score (nSPS) is 32.3. The first-order chi connectivity index (χ1) is 15.5. The van der Waals surface area contributed by atoms with E-state index in [1.807, 2.05) is 12.2 Å². The first-order valence-electron chi connectivity index (χ1n) is 10.9. The van der Waals surface area contributed by atoms with Gasteiger partial charge in [0.05, 0.1) is 51.9 Å². The second-order valence-corrected chi connectivity index (χ2v) is 8.66. The highest BCUT2D eigenvalue weighted by atomic mass is 16.5. The number of fused-ring (bicyclic) bond motifs is 1. The van der Waals surface area contributed by atoms with Gasteiger partial charge in [-0.05, 0) is 12.8 Å². The summed E-state index contributed by atoms with van der Waals surface area (Å²) < 4.78 is 28.0. The van der Waals surface area contributed by atoms with Gasteiger partial charge in [0.15, 0.2) is 11.5 Å². The van der Waals surface area contributed by atoms with Crippen molar-refractivity contribution in [3.8, 4) is 17.2 Å². The molecule has 5 atom stereocenters. The summed E-state index contributed by atoms with van der Waals surface area (Å²) in [7, 11) is 4.55. The minimum Gasteiger partial charge on any atom is -0.493 e. The molecule has 9 nitrogen and oxygen atoms in total. The average Bonchev–Trinajstić information content (AvgIpc) is 3.56. The number of amides is 2. The highest BCUT2D eigenvalue weighted by Gasteiger charge is 2.66. The molecule has 4 aliphatic heterocycles. The van der Waals surface area contributed by atoms with E-state index < -0.39 is 23.5 Å². The van der Waals surface area contributed by atoms with Crippen LogP contribution in [0.25, 0.3) is 0 Å². The topological polar surface area (TPSA) is 95.6 Å². The van der Waals surface area contributed by atoms with E-state index in [9.17, 15) is 9.59 Å². The number of likely N-dealkylation sites (tertiary alicyclic amines) is 1. The monoisotopic (exact) mass is 444 g/mol. The molecule has 0 unspecified atom stereocenters. The van der Waals surface area contributed by atoms with Crippen LogP contribution in [-0.2, 0) is 19.1 Å². The molecule has 0 aliphatic carbocycles. The van der Waals surface area contributed by atoms with Crippen LogP contribution in [0.15, 0.2) is 24.3 Å². The summed E-state index contributed by atoms with van der Waals surface area (Å²) in [6.07, 6.45) is 5.46. The van der Waals surface area contributed by atoms with Gasteiger partial charge in [-0.25, -0.2) is 0 Å².